The van der Waals surface area contributed by atoms with Gasteiger partial charge in [0, 0.05) is 16.8 Å². The summed E-state index contributed by atoms with van der Waals surface area (Å²) in [5.74, 6) is 0.557. The highest BCUT2D eigenvalue weighted by molar-refractivity contribution is 6.30. The van der Waals surface area contributed by atoms with Crippen LogP contribution in [0.3, 0.4) is 0 Å². The first-order valence-corrected chi connectivity index (χ1v) is 8.58. The third kappa shape index (κ3) is 5.50. The first-order chi connectivity index (χ1) is 12.7. The third-order valence-electron chi connectivity index (χ3n) is 3.67. The third-order valence-corrected chi connectivity index (χ3v) is 3.92. The summed E-state index contributed by atoms with van der Waals surface area (Å²) in [6.07, 6.45) is 3.29. The molecule has 3 rings (SSSR count). The van der Waals surface area contributed by atoms with Crippen molar-refractivity contribution in [3.63, 3.8) is 0 Å². The molecule has 3 aromatic carbocycles. The SMILES string of the molecule is O=C(/C=C/c1ccccc1)Nc1ccc(OCc2ccc(Cl)cc2)cc1. The van der Waals surface area contributed by atoms with Crippen LogP contribution < -0.4 is 10.1 Å². The smallest absolute Gasteiger partial charge is 0.248 e. The predicted octanol–water partition coefficient (Wildman–Crippen LogP) is 5.57. The topological polar surface area (TPSA) is 38.3 Å². The summed E-state index contributed by atoms with van der Waals surface area (Å²) in [7, 11) is 0. The number of carbonyl (C=O) groups is 1. The summed E-state index contributed by atoms with van der Waals surface area (Å²) < 4.78 is 5.73. The van der Waals surface area contributed by atoms with E-state index in [1.165, 1.54) is 6.08 Å². The van der Waals surface area contributed by atoms with Crippen LogP contribution in [0, 0.1) is 0 Å². The molecule has 26 heavy (non-hydrogen) atoms. The molecule has 0 aliphatic heterocycles. The van der Waals surface area contributed by atoms with E-state index in [0.717, 1.165) is 16.9 Å². The lowest BCUT2D eigenvalue weighted by Crippen LogP contribution is -2.07. The Morgan fingerprint density at radius 2 is 1.62 bits per heavy atom. The Bertz CT molecular complexity index is 872. The molecule has 0 saturated heterocycles. The Morgan fingerprint density at radius 1 is 0.923 bits per heavy atom. The molecule has 0 unspecified atom stereocenters. The summed E-state index contributed by atoms with van der Waals surface area (Å²) in [6.45, 7) is 0.461. The normalized spacial score (nSPS) is 10.7. The van der Waals surface area contributed by atoms with Gasteiger partial charge < -0.3 is 10.1 Å². The standard InChI is InChI=1S/C22H18ClNO2/c23-19-9-6-18(7-10-19)16-26-21-13-11-20(12-14-21)24-22(25)15-8-17-4-2-1-3-5-17/h1-15H,16H2,(H,24,25)/b15-8+. The van der Waals surface area contributed by atoms with Gasteiger partial charge in [-0.25, -0.2) is 0 Å². The van der Waals surface area contributed by atoms with E-state index in [9.17, 15) is 4.79 Å². The van der Waals surface area contributed by atoms with Crippen LogP contribution in [0.4, 0.5) is 5.69 Å². The second kappa shape index (κ2) is 8.88. The lowest BCUT2D eigenvalue weighted by molar-refractivity contribution is -0.111. The van der Waals surface area contributed by atoms with Crippen molar-refractivity contribution in [3.05, 3.63) is 101 Å². The minimum atomic E-state index is -0.177. The van der Waals surface area contributed by atoms with Crippen LogP contribution in [-0.4, -0.2) is 5.91 Å². The molecule has 0 spiro atoms. The lowest BCUT2D eigenvalue weighted by atomic mass is 10.2. The quantitative estimate of drug-likeness (QED) is 0.581. The molecule has 0 saturated carbocycles. The van der Waals surface area contributed by atoms with Crippen molar-refractivity contribution in [1.29, 1.82) is 0 Å². The predicted molar refractivity (Wildman–Crippen MR) is 106 cm³/mol. The van der Waals surface area contributed by atoms with Crippen molar-refractivity contribution >= 4 is 29.3 Å². The molecule has 0 aliphatic rings. The van der Waals surface area contributed by atoms with Gasteiger partial charge in [-0.15, -0.1) is 0 Å². The molecular formula is C22H18ClNO2. The number of rotatable bonds is 6. The molecule has 0 aromatic heterocycles. The van der Waals surface area contributed by atoms with Gasteiger partial charge in [0.05, 0.1) is 0 Å². The van der Waals surface area contributed by atoms with E-state index < -0.39 is 0 Å². The molecule has 1 N–H and O–H groups in total. The van der Waals surface area contributed by atoms with Crippen LogP contribution in [0.25, 0.3) is 6.08 Å². The van der Waals surface area contributed by atoms with Gasteiger partial charge >= 0.3 is 0 Å². The Morgan fingerprint density at radius 3 is 2.31 bits per heavy atom. The van der Waals surface area contributed by atoms with E-state index in [-0.39, 0.29) is 5.91 Å². The van der Waals surface area contributed by atoms with Gasteiger partial charge in [0.15, 0.2) is 0 Å². The summed E-state index contributed by atoms with van der Waals surface area (Å²) in [5.41, 5.74) is 2.73. The largest absolute Gasteiger partial charge is 0.489 e. The van der Waals surface area contributed by atoms with E-state index in [1.807, 2.05) is 78.9 Å². The number of hydrogen-bond acceptors (Lipinski definition) is 2. The van der Waals surface area contributed by atoms with Crippen LogP contribution in [-0.2, 0) is 11.4 Å². The molecule has 3 aromatic rings. The number of carbonyl (C=O) groups excluding carboxylic acids is 1. The summed E-state index contributed by atoms with van der Waals surface area (Å²) in [6, 6.07) is 24.5. The van der Waals surface area contributed by atoms with E-state index in [4.69, 9.17) is 16.3 Å². The minimum Gasteiger partial charge on any atom is -0.489 e. The Labute approximate surface area is 157 Å². The van der Waals surface area contributed by atoms with E-state index in [2.05, 4.69) is 5.32 Å². The highest BCUT2D eigenvalue weighted by Crippen LogP contribution is 2.18. The molecule has 130 valence electrons. The summed E-state index contributed by atoms with van der Waals surface area (Å²) in [4.78, 5) is 12.0. The van der Waals surface area contributed by atoms with Gasteiger partial charge in [0.2, 0.25) is 5.91 Å². The summed E-state index contributed by atoms with van der Waals surface area (Å²) >= 11 is 5.86. The Hall–Kier alpha value is -3.04. The zero-order valence-electron chi connectivity index (χ0n) is 14.1. The molecule has 0 radical (unpaired) electrons. The fourth-order valence-electron chi connectivity index (χ4n) is 2.30. The minimum absolute atomic E-state index is 0.177. The van der Waals surface area contributed by atoms with Gasteiger partial charge in [-0.1, -0.05) is 54.1 Å². The fourth-order valence-corrected chi connectivity index (χ4v) is 2.43. The van der Waals surface area contributed by atoms with Crippen molar-refractivity contribution in [2.24, 2.45) is 0 Å². The highest BCUT2D eigenvalue weighted by atomic mass is 35.5. The zero-order valence-corrected chi connectivity index (χ0v) is 14.8. The maximum Gasteiger partial charge on any atom is 0.248 e. The van der Waals surface area contributed by atoms with Gasteiger partial charge in [-0.3, -0.25) is 4.79 Å². The molecule has 0 aliphatic carbocycles. The molecular weight excluding hydrogens is 346 g/mol. The Balaban J connectivity index is 1.51. The van der Waals surface area contributed by atoms with E-state index in [1.54, 1.807) is 6.08 Å². The maximum atomic E-state index is 12.0. The first-order valence-electron chi connectivity index (χ1n) is 8.20. The van der Waals surface area contributed by atoms with Gasteiger partial charge in [0.25, 0.3) is 0 Å². The van der Waals surface area contributed by atoms with Gasteiger partial charge in [-0.2, -0.15) is 0 Å². The van der Waals surface area contributed by atoms with Crippen LogP contribution >= 0.6 is 11.6 Å². The van der Waals surface area contributed by atoms with Crippen LogP contribution in [0.15, 0.2) is 84.9 Å². The average molecular weight is 364 g/mol. The number of ether oxygens (including phenoxy) is 1. The second-order valence-corrected chi connectivity index (χ2v) is 6.11. The van der Waals surface area contributed by atoms with Crippen LogP contribution in [0.5, 0.6) is 5.75 Å². The lowest BCUT2D eigenvalue weighted by Gasteiger charge is -2.08. The van der Waals surface area contributed by atoms with Crippen molar-refractivity contribution in [2.45, 2.75) is 6.61 Å². The Kier molecular flexibility index (Phi) is 6.07. The number of benzene rings is 3. The van der Waals surface area contributed by atoms with E-state index >= 15 is 0 Å². The monoisotopic (exact) mass is 363 g/mol. The summed E-state index contributed by atoms with van der Waals surface area (Å²) in [5, 5.41) is 3.53. The fraction of sp³-hybridized carbons (Fsp3) is 0.0455. The van der Waals surface area contributed by atoms with E-state index in [0.29, 0.717) is 17.3 Å². The molecule has 3 nitrogen and oxygen atoms in total. The number of nitrogens with one attached hydrogen (secondary N) is 1. The van der Waals surface area contributed by atoms with Crippen molar-refractivity contribution in [3.8, 4) is 5.75 Å². The van der Waals surface area contributed by atoms with Crippen molar-refractivity contribution < 1.29 is 9.53 Å². The number of amides is 1. The number of hydrogen-bond donors (Lipinski definition) is 1. The van der Waals surface area contributed by atoms with Crippen molar-refractivity contribution in [2.75, 3.05) is 5.32 Å². The van der Waals surface area contributed by atoms with Crippen molar-refractivity contribution in [1.82, 2.24) is 0 Å². The maximum absolute atomic E-state index is 12.0. The molecule has 0 atom stereocenters. The van der Waals surface area contributed by atoms with Gasteiger partial charge in [-0.05, 0) is 53.6 Å². The number of anilines is 1. The molecule has 1 amide bonds. The van der Waals surface area contributed by atoms with Crippen LogP contribution in [0.2, 0.25) is 5.02 Å². The average Bonchev–Trinajstić information content (AvgIpc) is 2.68. The zero-order chi connectivity index (χ0) is 18.2. The first kappa shape index (κ1) is 17.8. The second-order valence-electron chi connectivity index (χ2n) is 5.67. The molecule has 0 fully saturated rings. The molecule has 4 heteroatoms. The molecule has 0 heterocycles. The van der Waals surface area contributed by atoms with Gasteiger partial charge in [0.1, 0.15) is 12.4 Å². The number of halogens is 1. The molecule has 0 bridgehead atoms. The highest BCUT2D eigenvalue weighted by Gasteiger charge is 2.00. The van der Waals surface area contributed by atoms with Crippen LogP contribution in [0.1, 0.15) is 11.1 Å².